The molecule has 0 fully saturated rings. The molecule has 4 aromatic rings. The number of hydrogen-bond acceptors (Lipinski definition) is 7. The molecule has 2 aromatic heterocycles. The second-order valence-corrected chi connectivity index (χ2v) is 9.91. The fourth-order valence-electron chi connectivity index (χ4n) is 3.35. The fourth-order valence-corrected chi connectivity index (χ4v) is 5.26. The van der Waals surface area contributed by atoms with E-state index in [-0.39, 0.29) is 11.8 Å². The quantitative estimate of drug-likeness (QED) is 0.209. The van der Waals surface area contributed by atoms with Gasteiger partial charge in [-0.3, -0.25) is 20.4 Å². The van der Waals surface area contributed by atoms with Crippen LogP contribution in [0.1, 0.15) is 45.2 Å². The van der Waals surface area contributed by atoms with Gasteiger partial charge in [0.2, 0.25) is 5.91 Å². The Morgan fingerprint density at radius 2 is 1.68 bits per heavy atom. The Kier molecular flexibility index (Phi) is 7.87. The predicted octanol–water partition coefficient (Wildman–Crippen LogP) is 4.78. The number of para-hydroxylation sites is 1. The molecule has 0 bridgehead atoms. The highest BCUT2D eigenvalue weighted by molar-refractivity contribution is 7.98. The number of rotatable bonds is 8. The molecule has 2 N–H and O–H groups in total. The molecule has 34 heavy (non-hydrogen) atoms. The summed E-state index contributed by atoms with van der Waals surface area (Å²) < 4.78 is 1.15. The second kappa shape index (κ2) is 11.2. The molecule has 0 aliphatic heterocycles. The third-order valence-electron chi connectivity index (χ3n) is 4.99. The highest BCUT2D eigenvalue weighted by Gasteiger charge is 2.09. The van der Waals surface area contributed by atoms with Crippen molar-refractivity contribution in [3.05, 3.63) is 82.1 Å². The summed E-state index contributed by atoms with van der Waals surface area (Å²) in [6.45, 7) is 3.90. The smallest absolute Gasteiger partial charge is 0.269 e. The number of fused-ring (bicyclic) bond motifs is 1. The molecule has 9 heteroatoms. The zero-order valence-electron chi connectivity index (χ0n) is 19.0. The summed E-state index contributed by atoms with van der Waals surface area (Å²) >= 11 is 3.20. The highest BCUT2D eigenvalue weighted by Crippen LogP contribution is 2.23. The van der Waals surface area contributed by atoms with Crippen LogP contribution >= 0.6 is 23.1 Å². The Morgan fingerprint density at radius 3 is 2.41 bits per heavy atom. The largest absolute Gasteiger partial charge is 0.273 e. The van der Waals surface area contributed by atoms with Gasteiger partial charge in [0.25, 0.3) is 5.91 Å². The zero-order chi connectivity index (χ0) is 23.9. The molecule has 0 saturated carbocycles. The summed E-state index contributed by atoms with van der Waals surface area (Å²) in [7, 11) is 0. The maximum Gasteiger partial charge on any atom is 0.269 e. The third-order valence-corrected chi connectivity index (χ3v) is 7.01. The van der Waals surface area contributed by atoms with E-state index >= 15 is 0 Å². The Morgan fingerprint density at radius 1 is 0.941 bits per heavy atom. The summed E-state index contributed by atoms with van der Waals surface area (Å²) in [5.74, 6) is 0.128. The van der Waals surface area contributed by atoms with Gasteiger partial charge in [0.15, 0.2) is 5.16 Å². The first-order valence-corrected chi connectivity index (χ1v) is 12.7. The molecule has 0 aliphatic rings. The Hall–Kier alpha value is -3.30. The van der Waals surface area contributed by atoms with E-state index in [1.165, 1.54) is 0 Å². The normalized spacial score (nSPS) is 10.9. The van der Waals surface area contributed by atoms with Crippen LogP contribution in [0, 0.1) is 13.8 Å². The minimum atomic E-state index is -0.351. The van der Waals surface area contributed by atoms with Gasteiger partial charge in [-0.1, -0.05) is 36.0 Å². The van der Waals surface area contributed by atoms with E-state index in [1.54, 1.807) is 35.2 Å². The topological polar surface area (TPSA) is 96.9 Å². The van der Waals surface area contributed by atoms with Crippen LogP contribution in [0.25, 0.3) is 10.2 Å². The third kappa shape index (κ3) is 6.61. The van der Waals surface area contributed by atoms with E-state index in [4.69, 9.17) is 0 Å². The first-order valence-electron chi connectivity index (χ1n) is 10.9. The minimum absolute atomic E-state index is 0.226. The lowest BCUT2D eigenvalue weighted by Crippen LogP contribution is -2.41. The highest BCUT2D eigenvalue weighted by atomic mass is 32.2. The Bertz CT molecular complexity index is 1250. The lowest BCUT2D eigenvalue weighted by atomic mass is 10.1. The van der Waals surface area contributed by atoms with Crippen molar-refractivity contribution in [1.29, 1.82) is 0 Å². The molecule has 0 atom stereocenters. The van der Waals surface area contributed by atoms with Crippen molar-refractivity contribution in [2.45, 2.75) is 44.0 Å². The number of hydrogen-bond donors (Lipinski definition) is 2. The predicted molar refractivity (Wildman–Crippen MR) is 136 cm³/mol. The number of thiazole rings is 1. The van der Waals surface area contributed by atoms with E-state index in [1.807, 2.05) is 56.3 Å². The van der Waals surface area contributed by atoms with Gasteiger partial charge in [0.05, 0.1) is 15.2 Å². The van der Waals surface area contributed by atoms with Crippen molar-refractivity contribution in [2.75, 3.05) is 0 Å². The van der Waals surface area contributed by atoms with Crippen molar-refractivity contribution in [2.24, 2.45) is 0 Å². The first-order chi connectivity index (χ1) is 16.5. The second-order valence-electron chi connectivity index (χ2n) is 7.85. The van der Waals surface area contributed by atoms with Crippen LogP contribution in [0.2, 0.25) is 0 Å². The van der Waals surface area contributed by atoms with Gasteiger partial charge in [-0.05, 0) is 62.6 Å². The Labute approximate surface area is 206 Å². The number of aromatic nitrogens is 3. The molecule has 0 saturated heterocycles. The van der Waals surface area contributed by atoms with E-state index in [2.05, 4.69) is 25.8 Å². The van der Waals surface area contributed by atoms with Crippen molar-refractivity contribution in [3.8, 4) is 0 Å². The van der Waals surface area contributed by atoms with Crippen LogP contribution in [-0.4, -0.2) is 26.8 Å². The average molecular weight is 492 g/mol. The van der Waals surface area contributed by atoms with Gasteiger partial charge < -0.3 is 0 Å². The van der Waals surface area contributed by atoms with Gasteiger partial charge in [-0.2, -0.15) is 0 Å². The summed E-state index contributed by atoms with van der Waals surface area (Å²) in [6, 6.07) is 17.2. The molecule has 4 rings (SSSR count). The monoisotopic (exact) mass is 491 g/mol. The van der Waals surface area contributed by atoms with E-state index < -0.39 is 0 Å². The van der Waals surface area contributed by atoms with Crippen LogP contribution in [0.15, 0.2) is 59.8 Å². The number of nitrogens with zero attached hydrogens (tertiary/aromatic N) is 3. The van der Waals surface area contributed by atoms with E-state index in [9.17, 15) is 9.59 Å². The standard InChI is InChI=1S/C25H25N5O2S2/c1-16-14-17(2)27-25(26-16)33-15-18-10-12-19(13-11-18)24(32)30-29-22(31)8-5-9-23-28-20-6-3-4-7-21(20)34-23/h3-4,6-7,10-14H,5,8-9,15H2,1-2H3,(H,29,31)(H,30,32). The molecule has 7 nitrogen and oxygen atoms in total. The van der Waals surface area contributed by atoms with Gasteiger partial charge in [0, 0.05) is 29.1 Å². The molecule has 0 radical (unpaired) electrons. The molecule has 0 spiro atoms. The summed E-state index contributed by atoms with van der Waals surface area (Å²) in [6.07, 6.45) is 1.71. The first kappa shape index (κ1) is 23.8. The Balaban J connectivity index is 1.19. The molecule has 2 aromatic carbocycles. The SMILES string of the molecule is Cc1cc(C)nc(SCc2ccc(C(=O)NNC(=O)CCCc3nc4ccccc4s3)cc2)n1. The molecular weight excluding hydrogens is 466 g/mol. The molecule has 2 heterocycles. The molecule has 0 aliphatic carbocycles. The van der Waals surface area contributed by atoms with Crippen molar-refractivity contribution >= 4 is 45.1 Å². The number of carbonyl (C=O) groups excluding carboxylic acids is 2. The number of carbonyl (C=O) groups is 2. The number of benzene rings is 2. The van der Waals surface area contributed by atoms with Crippen molar-refractivity contribution in [1.82, 2.24) is 25.8 Å². The van der Waals surface area contributed by atoms with Gasteiger partial charge in [-0.25, -0.2) is 15.0 Å². The van der Waals surface area contributed by atoms with Gasteiger partial charge >= 0.3 is 0 Å². The van der Waals surface area contributed by atoms with Gasteiger partial charge in [0.1, 0.15) is 0 Å². The molecular formula is C25H25N5O2S2. The number of amides is 2. The van der Waals surface area contributed by atoms with Crippen molar-refractivity contribution < 1.29 is 9.59 Å². The van der Waals surface area contributed by atoms with Crippen LogP contribution in [-0.2, 0) is 17.0 Å². The molecule has 0 unspecified atom stereocenters. The maximum atomic E-state index is 12.4. The fraction of sp³-hybridized carbons (Fsp3) is 0.240. The zero-order valence-corrected chi connectivity index (χ0v) is 20.6. The summed E-state index contributed by atoms with van der Waals surface area (Å²) in [4.78, 5) is 37.9. The summed E-state index contributed by atoms with van der Waals surface area (Å²) in [5.41, 5.74) is 9.39. The summed E-state index contributed by atoms with van der Waals surface area (Å²) in [5, 5.41) is 1.76. The van der Waals surface area contributed by atoms with Crippen LogP contribution < -0.4 is 10.9 Å². The minimum Gasteiger partial charge on any atom is -0.273 e. The number of nitrogens with one attached hydrogen (secondary N) is 2. The maximum absolute atomic E-state index is 12.4. The number of thioether (sulfide) groups is 1. The van der Waals surface area contributed by atoms with Crippen LogP contribution in [0.3, 0.4) is 0 Å². The number of aryl methyl sites for hydroxylation is 3. The molecule has 2 amide bonds. The molecule has 174 valence electrons. The lowest BCUT2D eigenvalue weighted by Gasteiger charge is -2.08. The van der Waals surface area contributed by atoms with E-state index in [0.717, 1.165) is 43.8 Å². The van der Waals surface area contributed by atoms with E-state index in [0.29, 0.717) is 24.2 Å². The number of hydrazine groups is 1. The van der Waals surface area contributed by atoms with Gasteiger partial charge in [-0.15, -0.1) is 11.3 Å². The van der Waals surface area contributed by atoms with Crippen LogP contribution in [0.5, 0.6) is 0 Å². The van der Waals surface area contributed by atoms with Crippen LogP contribution in [0.4, 0.5) is 0 Å². The lowest BCUT2D eigenvalue weighted by molar-refractivity contribution is -0.121. The average Bonchev–Trinajstić information content (AvgIpc) is 3.24. The van der Waals surface area contributed by atoms with Crippen molar-refractivity contribution in [3.63, 3.8) is 0 Å².